The van der Waals surface area contributed by atoms with Gasteiger partial charge in [-0.05, 0) is 31.4 Å². The van der Waals surface area contributed by atoms with Gasteiger partial charge in [-0.1, -0.05) is 26.0 Å². The molecule has 0 saturated carbocycles. The predicted octanol–water partition coefficient (Wildman–Crippen LogP) is 2.82. The highest BCUT2D eigenvalue weighted by atomic mass is 14.8. The molecule has 1 nitrogen and oxygen atoms in total. The fourth-order valence-corrected chi connectivity index (χ4v) is 1.34. The van der Waals surface area contributed by atoms with Crippen molar-refractivity contribution < 1.29 is 0 Å². The first-order valence-electron chi connectivity index (χ1n) is 4.43. The average molecular weight is 151 g/mol. The van der Waals surface area contributed by atoms with Crippen LogP contribution in [0.4, 0.5) is 0 Å². The van der Waals surface area contributed by atoms with Gasteiger partial charge in [-0.3, -0.25) is 4.99 Å². The first-order chi connectivity index (χ1) is 5.24. The number of rotatable bonds is 1. The van der Waals surface area contributed by atoms with Crippen molar-refractivity contribution in [1.82, 2.24) is 0 Å². The molecule has 0 bridgehead atoms. The van der Waals surface area contributed by atoms with E-state index in [0.717, 1.165) is 19.3 Å². The molecule has 1 heterocycles. The fourth-order valence-electron chi connectivity index (χ4n) is 1.34. The summed E-state index contributed by atoms with van der Waals surface area (Å²) in [5.74, 6) is 0.635. The van der Waals surface area contributed by atoms with Gasteiger partial charge in [0.15, 0.2) is 0 Å². The van der Waals surface area contributed by atoms with Crippen molar-refractivity contribution in [3.8, 4) is 0 Å². The van der Waals surface area contributed by atoms with E-state index < -0.39 is 0 Å². The highest BCUT2D eigenvalue weighted by molar-refractivity contribution is 5.59. The molecule has 0 radical (unpaired) electrons. The van der Waals surface area contributed by atoms with Gasteiger partial charge >= 0.3 is 0 Å². The van der Waals surface area contributed by atoms with E-state index in [1.807, 2.05) is 0 Å². The quantitative estimate of drug-likeness (QED) is 0.511. The van der Waals surface area contributed by atoms with E-state index in [1.54, 1.807) is 0 Å². The molecule has 1 aliphatic rings. The topological polar surface area (TPSA) is 12.4 Å². The van der Waals surface area contributed by atoms with Crippen LogP contribution in [-0.4, -0.2) is 12.3 Å². The zero-order valence-corrected chi connectivity index (χ0v) is 7.51. The number of aliphatic imine (C=N–C) groups is 1. The molecular weight excluding hydrogens is 134 g/mol. The van der Waals surface area contributed by atoms with Gasteiger partial charge in [0.2, 0.25) is 0 Å². The zero-order chi connectivity index (χ0) is 8.27. The Hall–Kier alpha value is -0.590. The summed E-state index contributed by atoms with van der Waals surface area (Å²) in [6.07, 6.45) is 5.38. The Kier molecular flexibility index (Phi) is 2.86. The zero-order valence-electron chi connectivity index (χ0n) is 7.51. The third-order valence-corrected chi connectivity index (χ3v) is 2.44. The monoisotopic (exact) mass is 151 g/mol. The molecule has 11 heavy (non-hydrogen) atoms. The predicted molar refractivity (Wildman–Crippen MR) is 50.1 cm³/mol. The molecule has 0 aromatic heterocycles. The summed E-state index contributed by atoms with van der Waals surface area (Å²) < 4.78 is 0. The molecule has 1 unspecified atom stereocenters. The van der Waals surface area contributed by atoms with Crippen molar-refractivity contribution in [2.24, 2.45) is 10.9 Å². The van der Waals surface area contributed by atoms with Gasteiger partial charge in [0, 0.05) is 0 Å². The second-order valence-corrected chi connectivity index (χ2v) is 3.39. The second kappa shape index (κ2) is 3.70. The van der Waals surface area contributed by atoms with Crippen molar-refractivity contribution in [1.29, 1.82) is 0 Å². The Morgan fingerprint density at radius 2 is 2.45 bits per heavy atom. The van der Waals surface area contributed by atoms with Crippen LogP contribution in [0.2, 0.25) is 0 Å². The molecule has 1 rings (SSSR count). The maximum Gasteiger partial charge on any atom is 0.0530 e. The molecular formula is C10H17N. The Morgan fingerprint density at radius 1 is 1.73 bits per heavy atom. The summed E-state index contributed by atoms with van der Waals surface area (Å²) in [6.45, 7) is 8.49. The molecule has 0 aromatic carbocycles. The molecule has 0 aliphatic carbocycles. The van der Waals surface area contributed by atoms with Gasteiger partial charge in [-0.2, -0.15) is 0 Å². The summed E-state index contributed by atoms with van der Waals surface area (Å²) >= 11 is 0. The number of nitrogens with zero attached hydrogens (tertiary/aromatic N) is 1. The average Bonchev–Trinajstić information content (AvgIpc) is 2.15. The van der Waals surface area contributed by atoms with Crippen LogP contribution in [0.15, 0.2) is 17.1 Å². The molecule has 0 spiro atoms. The standard InChI is InChI=1S/C10H17N/c1-4-10-7-9(3)8(2)5-6-11-10/h6,8,10H,3-5,7H2,1-2H3/t8-,10?/m0/s1. The van der Waals surface area contributed by atoms with Crippen LogP contribution in [0, 0.1) is 5.92 Å². The van der Waals surface area contributed by atoms with Gasteiger partial charge in [0.05, 0.1) is 6.04 Å². The maximum absolute atomic E-state index is 4.46. The maximum atomic E-state index is 4.46. The summed E-state index contributed by atoms with van der Waals surface area (Å²) in [5.41, 5.74) is 1.37. The van der Waals surface area contributed by atoms with Crippen LogP contribution in [0.25, 0.3) is 0 Å². The van der Waals surface area contributed by atoms with E-state index in [4.69, 9.17) is 0 Å². The van der Waals surface area contributed by atoms with E-state index in [1.165, 1.54) is 5.57 Å². The molecule has 62 valence electrons. The minimum absolute atomic E-state index is 0.507. The lowest BCUT2D eigenvalue weighted by Crippen LogP contribution is -2.04. The summed E-state index contributed by atoms with van der Waals surface area (Å²) in [4.78, 5) is 4.46. The van der Waals surface area contributed by atoms with Gasteiger partial charge < -0.3 is 0 Å². The molecule has 0 fully saturated rings. The first kappa shape index (κ1) is 8.51. The molecule has 1 aliphatic heterocycles. The molecule has 0 amide bonds. The van der Waals surface area contributed by atoms with E-state index in [9.17, 15) is 0 Å². The lowest BCUT2D eigenvalue weighted by atomic mass is 9.95. The van der Waals surface area contributed by atoms with Crippen LogP contribution >= 0.6 is 0 Å². The third kappa shape index (κ3) is 2.18. The van der Waals surface area contributed by atoms with Crippen molar-refractivity contribution in [2.45, 2.75) is 39.2 Å². The summed E-state index contributed by atoms with van der Waals surface area (Å²) in [7, 11) is 0. The molecule has 0 aromatic rings. The highest BCUT2D eigenvalue weighted by Gasteiger charge is 2.13. The van der Waals surface area contributed by atoms with Crippen molar-refractivity contribution in [2.75, 3.05) is 0 Å². The van der Waals surface area contributed by atoms with Gasteiger partial charge in [0.1, 0.15) is 0 Å². The van der Waals surface area contributed by atoms with Crippen LogP contribution in [0.5, 0.6) is 0 Å². The van der Waals surface area contributed by atoms with Crippen LogP contribution in [0.3, 0.4) is 0 Å². The third-order valence-electron chi connectivity index (χ3n) is 2.44. The van der Waals surface area contributed by atoms with Crippen LogP contribution in [0.1, 0.15) is 33.1 Å². The van der Waals surface area contributed by atoms with E-state index in [0.29, 0.717) is 12.0 Å². The summed E-state index contributed by atoms with van der Waals surface area (Å²) in [5, 5.41) is 0. The minimum Gasteiger partial charge on any atom is -0.294 e. The van der Waals surface area contributed by atoms with Crippen LogP contribution in [-0.2, 0) is 0 Å². The fraction of sp³-hybridized carbons (Fsp3) is 0.700. The minimum atomic E-state index is 0.507. The normalized spacial score (nSPS) is 32.0. The Labute approximate surface area is 69.2 Å². The van der Waals surface area contributed by atoms with Gasteiger partial charge in [-0.25, -0.2) is 0 Å². The number of hydrogen-bond donors (Lipinski definition) is 0. The van der Waals surface area contributed by atoms with Crippen molar-refractivity contribution in [3.05, 3.63) is 12.2 Å². The first-order valence-corrected chi connectivity index (χ1v) is 4.43. The van der Waals surface area contributed by atoms with Gasteiger partial charge in [0.25, 0.3) is 0 Å². The van der Waals surface area contributed by atoms with E-state index >= 15 is 0 Å². The smallest absolute Gasteiger partial charge is 0.0530 e. The second-order valence-electron chi connectivity index (χ2n) is 3.39. The largest absolute Gasteiger partial charge is 0.294 e. The molecule has 0 N–H and O–H groups in total. The molecule has 2 atom stereocenters. The Balaban J connectivity index is 2.58. The van der Waals surface area contributed by atoms with E-state index in [-0.39, 0.29) is 0 Å². The Morgan fingerprint density at radius 3 is 3.09 bits per heavy atom. The van der Waals surface area contributed by atoms with Crippen molar-refractivity contribution in [3.63, 3.8) is 0 Å². The Bertz CT molecular complexity index is 170. The van der Waals surface area contributed by atoms with E-state index in [2.05, 4.69) is 31.6 Å². The number of hydrogen-bond acceptors (Lipinski definition) is 1. The lowest BCUT2D eigenvalue weighted by molar-refractivity contribution is 0.611. The molecule has 0 saturated heterocycles. The van der Waals surface area contributed by atoms with Crippen molar-refractivity contribution >= 4 is 6.21 Å². The molecule has 1 heteroatoms. The van der Waals surface area contributed by atoms with Crippen LogP contribution < -0.4 is 0 Å². The summed E-state index contributed by atoms with van der Waals surface area (Å²) in [6, 6.07) is 0.507. The highest BCUT2D eigenvalue weighted by Crippen LogP contribution is 2.22. The SMILES string of the molecule is C=C1CC(CC)N=CC[C@@H]1C. The lowest BCUT2D eigenvalue weighted by Gasteiger charge is -2.11. The van der Waals surface area contributed by atoms with Gasteiger partial charge in [-0.15, -0.1) is 0 Å².